The molecule has 0 aliphatic rings. The van der Waals surface area contributed by atoms with Crippen LogP contribution < -0.4 is 14.4 Å². The summed E-state index contributed by atoms with van der Waals surface area (Å²) in [5, 5.41) is 2.71. The number of carbonyl (C=O) groups excluding carboxylic acids is 1. The van der Waals surface area contributed by atoms with E-state index >= 15 is 0 Å². The lowest BCUT2D eigenvalue weighted by Crippen LogP contribution is -2.30. The van der Waals surface area contributed by atoms with E-state index in [-0.39, 0.29) is 12.5 Å². The maximum absolute atomic E-state index is 11.5. The Kier molecular flexibility index (Phi) is 7.13. The van der Waals surface area contributed by atoms with E-state index in [1.165, 1.54) is 11.4 Å². The zero-order valence-electron chi connectivity index (χ0n) is 13.0. The summed E-state index contributed by atoms with van der Waals surface area (Å²) in [5.74, 6) is 0.283. The molecule has 1 aromatic carbocycles. The first kappa shape index (κ1) is 18.2. The second kappa shape index (κ2) is 8.60. The van der Waals surface area contributed by atoms with Crippen LogP contribution in [0.25, 0.3) is 0 Å². The zero-order chi connectivity index (χ0) is 16.6. The van der Waals surface area contributed by atoms with Crippen LogP contribution in [0.1, 0.15) is 6.42 Å². The second-order valence-electron chi connectivity index (χ2n) is 4.71. The van der Waals surface area contributed by atoms with Crippen molar-refractivity contribution in [1.82, 2.24) is 5.32 Å². The van der Waals surface area contributed by atoms with Crippen molar-refractivity contribution in [3.8, 4) is 5.75 Å². The van der Waals surface area contributed by atoms with Crippen molar-refractivity contribution in [2.75, 3.05) is 44.5 Å². The molecule has 1 rings (SSSR count). The van der Waals surface area contributed by atoms with E-state index in [1.807, 2.05) is 0 Å². The van der Waals surface area contributed by atoms with Gasteiger partial charge < -0.3 is 14.8 Å². The number of hydrogen-bond acceptors (Lipinski definition) is 5. The minimum Gasteiger partial charge on any atom is -0.484 e. The Morgan fingerprint density at radius 1 is 1.27 bits per heavy atom. The monoisotopic (exact) mass is 330 g/mol. The van der Waals surface area contributed by atoms with Crippen molar-refractivity contribution in [3.63, 3.8) is 0 Å². The van der Waals surface area contributed by atoms with Crippen molar-refractivity contribution < 1.29 is 22.7 Å². The highest BCUT2D eigenvalue weighted by Crippen LogP contribution is 2.20. The number of ether oxygens (including phenoxy) is 2. The van der Waals surface area contributed by atoms with E-state index < -0.39 is 10.0 Å². The van der Waals surface area contributed by atoms with Gasteiger partial charge in [-0.25, -0.2) is 8.42 Å². The molecular weight excluding hydrogens is 308 g/mol. The molecule has 0 heterocycles. The SMILES string of the molecule is COCCCNC(=O)COc1ccc(N(C)S(C)(=O)=O)cc1. The van der Waals surface area contributed by atoms with Crippen molar-refractivity contribution in [2.24, 2.45) is 0 Å². The minimum atomic E-state index is -3.29. The number of nitrogens with zero attached hydrogens (tertiary/aromatic N) is 1. The van der Waals surface area contributed by atoms with Crippen LogP contribution in [0, 0.1) is 0 Å². The fraction of sp³-hybridized carbons (Fsp3) is 0.500. The molecule has 1 aromatic rings. The number of sulfonamides is 1. The topological polar surface area (TPSA) is 84.9 Å². The fourth-order valence-electron chi connectivity index (χ4n) is 1.59. The van der Waals surface area contributed by atoms with Gasteiger partial charge in [-0.2, -0.15) is 0 Å². The molecule has 1 amide bonds. The molecule has 0 unspecified atom stereocenters. The molecule has 0 saturated carbocycles. The van der Waals surface area contributed by atoms with Crippen LogP contribution in [0.15, 0.2) is 24.3 Å². The Balaban J connectivity index is 2.43. The predicted molar refractivity (Wildman–Crippen MR) is 84.7 cm³/mol. The molecule has 0 atom stereocenters. The Labute approximate surface area is 131 Å². The molecule has 0 bridgehead atoms. The van der Waals surface area contributed by atoms with E-state index in [1.54, 1.807) is 31.4 Å². The molecule has 0 saturated heterocycles. The summed E-state index contributed by atoms with van der Waals surface area (Å²) >= 11 is 0. The van der Waals surface area contributed by atoms with E-state index in [4.69, 9.17) is 9.47 Å². The number of anilines is 1. The average molecular weight is 330 g/mol. The molecule has 0 aliphatic heterocycles. The number of nitrogens with one attached hydrogen (secondary N) is 1. The molecule has 0 spiro atoms. The number of rotatable bonds is 9. The molecule has 0 fully saturated rings. The lowest BCUT2D eigenvalue weighted by atomic mass is 10.3. The van der Waals surface area contributed by atoms with Gasteiger partial charge in [-0.15, -0.1) is 0 Å². The summed E-state index contributed by atoms with van der Waals surface area (Å²) in [7, 11) is -0.214. The van der Waals surface area contributed by atoms with Crippen LogP contribution in [0.2, 0.25) is 0 Å². The largest absolute Gasteiger partial charge is 0.484 e. The average Bonchev–Trinajstić information content (AvgIpc) is 2.48. The molecule has 0 radical (unpaired) electrons. The summed E-state index contributed by atoms with van der Waals surface area (Å²) in [6.07, 6.45) is 1.88. The first-order valence-corrected chi connectivity index (χ1v) is 8.62. The van der Waals surface area contributed by atoms with Crippen LogP contribution in [0.5, 0.6) is 5.75 Å². The van der Waals surface area contributed by atoms with Gasteiger partial charge in [0.15, 0.2) is 6.61 Å². The van der Waals surface area contributed by atoms with Crippen molar-refractivity contribution in [1.29, 1.82) is 0 Å². The first-order chi connectivity index (χ1) is 10.3. The molecule has 1 N–H and O–H groups in total. The maximum Gasteiger partial charge on any atom is 0.257 e. The fourth-order valence-corrected chi connectivity index (χ4v) is 2.09. The summed E-state index contributed by atoms with van der Waals surface area (Å²) in [6.45, 7) is 1.04. The van der Waals surface area contributed by atoms with Gasteiger partial charge in [-0.1, -0.05) is 0 Å². The van der Waals surface area contributed by atoms with Gasteiger partial charge in [0.2, 0.25) is 10.0 Å². The van der Waals surface area contributed by atoms with Gasteiger partial charge in [0, 0.05) is 27.3 Å². The van der Waals surface area contributed by atoms with E-state index in [0.717, 1.165) is 12.7 Å². The zero-order valence-corrected chi connectivity index (χ0v) is 13.9. The molecule has 7 nitrogen and oxygen atoms in total. The van der Waals surface area contributed by atoms with Crippen LogP contribution >= 0.6 is 0 Å². The van der Waals surface area contributed by atoms with E-state index in [2.05, 4.69) is 5.32 Å². The lowest BCUT2D eigenvalue weighted by Gasteiger charge is -2.16. The Morgan fingerprint density at radius 3 is 2.45 bits per heavy atom. The highest BCUT2D eigenvalue weighted by molar-refractivity contribution is 7.92. The van der Waals surface area contributed by atoms with Crippen LogP contribution in [-0.2, 0) is 19.6 Å². The Bertz CT molecular complexity index is 571. The quantitative estimate of drug-likeness (QED) is 0.671. The highest BCUT2D eigenvalue weighted by Gasteiger charge is 2.11. The summed E-state index contributed by atoms with van der Waals surface area (Å²) in [4.78, 5) is 11.5. The molecule has 0 aliphatic carbocycles. The maximum atomic E-state index is 11.5. The van der Waals surface area contributed by atoms with Crippen LogP contribution in [0.3, 0.4) is 0 Å². The van der Waals surface area contributed by atoms with Gasteiger partial charge >= 0.3 is 0 Å². The Morgan fingerprint density at radius 2 is 1.91 bits per heavy atom. The summed E-state index contributed by atoms with van der Waals surface area (Å²) in [5.41, 5.74) is 0.527. The number of hydrogen-bond donors (Lipinski definition) is 1. The number of benzene rings is 1. The van der Waals surface area contributed by atoms with Gasteiger partial charge in [0.25, 0.3) is 5.91 Å². The van der Waals surface area contributed by atoms with Gasteiger partial charge in [0.05, 0.1) is 11.9 Å². The first-order valence-electron chi connectivity index (χ1n) is 6.77. The Hall–Kier alpha value is -1.80. The smallest absolute Gasteiger partial charge is 0.257 e. The predicted octanol–water partition coefficient (Wildman–Crippen LogP) is 0.614. The highest BCUT2D eigenvalue weighted by atomic mass is 32.2. The third kappa shape index (κ3) is 6.31. The third-order valence-corrected chi connectivity index (χ3v) is 4.12. The number of amides is 1. The summed E-state index contributed by atoms with van der Waals surface area (Å²) in [6, 6.07) is 6.48. The third-order valence-electron chi connectivity index (χ3n) is 2.92. The standard InChI is InChI=1S/C14H22N2O5S/c1-16(22(3,18)19)12-5-7-13(8-6-12)21-11-14(17)15-9-4-10-20-2/h5-8H,4,9-11H2,1-3H3,(H,15,17). The second-order valence-corrected chi connectivity index (χ2v) is 6.72. The van der Waals surface area contributed by atoms with Crippen LogP contribution in [0.4, 0.5) is 5.69 Å². The molecule has 8 heteroatoms. The van der Waals surface area contributed by atoms with Crippen molar-refractivity contribution in [3.05, 3.63) is 24.3 Å². The van der Waals surface area contributed by atoms with Gasteiger partial charge in [-0.3, -0.25) is 9.10 Å². The number of methoxy groups -OCH3 is 1. The summed E-state index contributed by atoms with van der Waals surface area (Å²) < 4.78 is 34.2. The van der Waals surface area contributed by atoms with Crippen molar-refractivity contribution >= 4 is 21.6 Å². The van der Waals surface area contributed by atoms with Gasteiger partial charge in [-0.05, 0) is 30.7 Å². The minimum absolute atomic E-state index is 0.0890. The lowest BCUT2D eigenvalue weighted by molar-refractivity contribution is -0.123. The normalized spacial score (nSPS) is 11.0. The van der Waals surface area contributed by atoms with E-state index in [9.17, 15) is 13.2 Å². The van der Waals surface area contributed by atoms with Crippen molar-refractivity contribution in [2.45, 2.75) is 6.42 Å². The molecular formula is C14H22N2O5S. The molecule has 0 aromatic heterocycles. The number of carbonyl (C=O) groups is 1. The molecule has 124 valence electrons. The van der Waals surface area contributed by atoms with Crippen LogP contribution in [-0.4, -0.2) is 54.5 Å². The molecule has 22 heavy (non-hydrogen) atoms. The van der Waals surface area contributed by atoms with E-state index in [0.29, 0.717) is 24.6 Å². The van der Waals surface area contributed by atoms with Gasteiger partial charge in [0.1, 0.15) is 5.75 Å².